The minimum atomic E-state index is -0.554. The summed E-state index contributed by atoms with van der Waals surface area (Å²) in [5, 5.41) is 18.8. The van der Waals surface area contributed by atoms with Crippen molar-refractivity contribution in [2.75, 3.05) is 6.54 Å². The van der Waals surface area contributed by atoms with Crippen LogP contribution in [0.5, 0.6) is 0 Å². The molecule has 1 fully saturated rings. The van der Waals surface area contributed by atoms with Crippen molar-refractivity contribution in [2.45, 2.75) is 38.8 Å². The first-order valence-corrected chi connectivity index (χ1v) is 9.53. The number of carbonyl (C=O) groups excluding carboxylic acids is 1. The van der Waals surface area contributed by atoms with Crippen molar-refractivity contribution in [1.82, 2.24) is 19.8 Å². The van der Waals surface area contributed by atoms with Gasteiger partial charge in [0, 0.05) is 6.54 Å². The molecular formula is C20H21N5O4. The number of aromatic nitrogens is 3. The van der Waals surface area contributed by atoms with Crippen LogP contribution in [0.4, 0.5) is 5.82 Å². The zero-order valence-corrected chi connectivity index (χ0v) is 16.0. The Morgan fingerprint density at radius 3 is 2.79 bits per heavy atom. The molecule has 1 aliphatic rings. The largest absolute Gasteiger partial charge is 0.389 e. The van der Waals surface area contributed by atoms with E-state index in [0.717, 1.165) is 24.8 Å². The van der Waals surface area contributed by atoms with Crippen molar-refractivity contribution in [2.24, 2.45) is 0 Å². The van der Waals surface area contributed by atoms with Crippen LogP contribution in [0.15, 0.2) is 47.1 Å². The molecule has 3 heterocycles. The van der Waals surface area contributed by atoms with Crippen LogP contribution < -0.4 is 0 Å². The van der Waals surface area contributed by atoms with Gasteiger partial charge in [-0.25, -0.2) is 0 Å². The number of hydrogen-bond donors (Lipinski definition) is 0. The van der Waals surface area contributed by atoms with E-state index in [1.807, 2.05) is 35.2 Å². The van der Waals surface area contributed by atoms with Crippen LogP contribution >= 0.6 is 0 Å². The molecule has 0 saturated carbocycles. The minimum absolute atomic E-state index is 0.00639. The monoisotopic (exact) mass is 395 g/mol. The van der Waals surface area contributed by atoms with Crippen LogP contribution in [-0.2, 0) is 6.54 Å². The van der Waals surface area contributed by atoms with Gasteiger partial charge in [-0.05, 0) is 36.7 Å². The van der Waals surface area contributed by atoms with Crippen molar-refractivity contribution < 1.29 is 14.2 Å². The maximum absolute atomic E-state index is 13.4. The van der Waals surface area contributed by atoms with Gasteiger partial charge in [0.2, 0.25) is 0 Å². The molecule has 1 saturated heterocycles. The van der Waals surface area contributed by atoms with Crippen LogP contribution in [0, 0.1) is 17.0 Å². The van der Waals surface area contributed by atoms with E-state index in [9.17, 15) is 14.9 Å². The van der Waals surface area contributed by atoms with Crippen molar-refractivity contribution in [1.29, 1.82) is 0 Å². The molecule has 0 spiro atoms. The summed E-state index contributed by atoms with van der Waals surface area (Å²) >= 11 is 0. The molecule has 1 unspecified atom stereocenters. The molecule has 1 aromatic carbocycles. The van der Waals surface area contributed by atoms with E-state index in [1.165, 1.54) is 16.9 Å². The smallest absolute Gasteiger partial charge is 0.361 e. The van der Waals surface area contributed by atoms with Crippen molar-refractivity contribution in [3.8, 4) is 0 Å². The molecule has 0 radical (unpaired) electrons. The Hall–Kier alpha value is -3.49. The Morgan fingerprint density at radius 2 is 2.07 bits per heavy atom. The SMILES string of the molecule is Cc1onc(C(=O)N2CCCCC2c2ccccc2)c1Cn1ccc([N+](=O)[O-])n1. The Bertz CT molecular complexity index is 1030. The highest BCUT2D eigenvalue weighted by Gasteiger charge is 2.32. The average Bonchev–Trinajstić information content (AvgIpc) is 3.36. The van der Waals surface area contributed by atoms with Crippen molar-refractivity contribution >= 4 is 11.7 Å². The lowest BCUT2D eigenvalue weighted by molar-refractivity contribution is -0.389. The maximum atomic E-state index is 13.4. The highest BCUT2D eigenvalue weighted by atomic mass is 16.6. The molecule has 2 aromatic heterocycles. The minimum Gasteiger partial charge on any atom is -0.361 e. The second-order valence-corrected chi connectivity index (χ2v) is 7.12. The zero-order chi connectivity index (χ0) is 20.4. The maximum Gasteiger partial charge on any atom is 0.389 e. The van der Waals surface area contributed by atoms with Crippen molar-refractivity contribution in [3.63, 3.8) is 0 Å². The average molecular weight is 395 g/mol. The number of amides is 1. The third kappa shape index (κ3) is 3.75. The predicted octanol–water partition coefficient (Wildman–Crippen LogP) is 3.50. The van der Waals surface area contributed by atoms with E-state index in [-0.39, 0.29) is 30.0 Å². The Balaban J connectivity index is 1.62. The van der Waals surface area contributed by atoms with Gasteiger partial charge in [0.15, 0.2) is 5.69 Å². The predicted molar refractivity (Wildman–Crippen MR) is 103 cm³/mol. The first kappa shape index (κ1) is 18.9. The second kappa shape index (κ2) is 7.86. The summed E-state index contributed by atoms with van der Waals surface area (Å²) in [5.41, 5.74) is 1.93. The first-order chi connectivity index (χ1) is 14.0. The summed E-state index contributed by atoms with van der Waals surface area (Å²) < 4.78 is 6.72. The standard InChI is InChI=1S/C20H21N5O4/c1-14-16(13-23-12-10-18(21-23)25(27)28)19(22-29-14)20(26)24-11-6-5-9-17(24)15-7-3-2-4-8-15/h2-4,7-8,10,12,17H,5-6,9,11,13H2,1H3. The summed E-state index contributed by atoms with van der Waals surface area (Å²) in [4.78, 5) is 25.6. The highest BCUT2D eigenvalue weighted by Crippen LogP contribution is 2.32. The summed E-state index contributed by atoms with van der Waals surface area (Å²) in [6.07, 6.45) is 4.40. The molecular weight excluding hydrogens is 374 g/mol. The van der Waals surface area contributed by atoms with Crippen LogP contribution in [-0.4, -0.2) is 37.2 Å². The third-order valence-corrected chi connectivity index (χ3v) is 5.27. The Kier molecular flexibility index (Phi) is 5.11. The normalized spacial score (nSPS) is 16.7. The highest BCUT2D eigenvalue weighted by molar-refractivity contribution is 5.94. The van der Waals surface area contributed by atoms with Crippen LogP contribution in [0.25, 0.3) is 0 Å². The van der Waals surface area contributed by atoms with Crippen LogP contribution in [0.1, 0.15) is 52.7 Å². The van der Waals surface area contributed by atoms with E-state index >= 15 is 0 Å². The van der Waals surface area contributed by atoms with E-state index < -0.39 is 4.92 Å². The number of carbonyl (C=O) groups is 1. The quantitative estimate of drug-likeness (QED) is 0.483. The lowest BCUT2D eigenvalue weighted by Gasteiger charge is -2.35. The fourth-order valence-electron chi connectivity index (χ4n) is 3.78. The molecule has 29 heavy (non-hydrogen) atoms. The molecule has 9 nitrogen and oxygen atoms in total. The van der Waals surface area contributed by atoms with Gasteiger partial charge in [0.1, 0.15) is 5.76 Å². The number of rotatable bonds is 5. The summed E-state index contributed by atoms with van der Waals surface area (Å²) in [6.45, 7) is 2.55. The number of nitrogens with zero attached hydrogens (tertiary/aromatic N) is 5. The Morgan fingerprint density at radius 1 is 1.28 bits per heavy atom. The number of likely N-dealkylation sites (tertiary alicyclic amines) is 1. The van der Waals surface area contributed by atoms with Gasteiger partial charge in [0.05, 0.1) is 35.5 Å². The molecule has 1 amide bonds. The first-order valence-electron chi connectivity index (χ1n) is 9.53. The summed E-state index contributed by atoms with van der Waals surface area (Å²) in [6, 6.07) is 11.3. The lowest BCUT2D eigenvalue weighted by Crippen LogP contribution is -2.39. The van der Waals surface area contributed by atoms with Crippen LogP contribution in [0.2, 0.25) is 0 Å². The van der Waals surface area contributed by atoms with Gasteiger partial charge in [-0.3, -0.25) is 4.79 Å². The molecule has 150 valence electrons. The third-order valence-electron chi connectivity index (χ3n) is 5.27. The number of hydrogen-bond acceptors (Lipinski definition) is 6. The Labute approximate surface area is 167 Å². The van der Waals surface area contributed by atoms with E-state index in [4.69, 9.17) is 4.52 Å². The van der Waals surface area contributed by atoms with E-state index in [2.05, 4.69) is 10.3 Å². The van der Waals surface area contributed by atoms with Gasteiger partial charge < -0.3 is 19.5 Å². The number of piperidine rings is 1. The molecule has 1 atom stereocenters. The fraction of sp³-hybridized carbons (Fsp3) is 0.350. The van der Waals surface area contributed by atoms with Crippen LogP contribution in [0.3, 0.4) is 0 Å². The fourth-order valence-corrected chi connectivity index (χ4v) is 3.78. The lowest BCUT2D eigenvalue weighted by atomic mass is 9.94. The van der Waals surface area contributed by atoms with Gasteiger partial charge in [-0.15, -0.1) is 0 Å². The number of benzene rings is 1. The van der Waals surface area contributed by atoms with E-state index in [1.54, 1.807) is 6.92 Å². The second-order valence-electron chi connectivity index (χ2n) is 7.12. The summed E-state index contributed by atoms with van der Waals surface area (Å²) in [5.74, 6) is 0.0685. The van der Waals surface area contributed by atoms with Gasteiger partial charge in [-0.1, -0.05) is 35.5 Å². The molecule has 1 aliphatic heterocycles. The van der Waals surface area contributed by atoms with Gasteiger partial charge in [-0.2, -0.15) is 4.68 Å². The molecule has 0 N–H and O–H groups in total. The number of nitro groups is 1. The van der Waals surface area contributed by atoms with E-state index in [0.29, 0.717) is 17.9 Å². The molecule has 4 rings (SSSR count). The number of aryl methyl sites for hydroxylation is 1. The zero-order valence-electron chi connectivity index (χ0n) is 16.0. The topological polar surface area (TPSA) is 107 Å². The van der Waals surface area contributed by atoms with Crippen molar-refractivity contribution in [3.05, 3.63) is 75.3 Å². The molecule has 9 heteroatoms. The summed E-state index contributed by atoms with van der Waals surface area (Å²) in [7, 11) is 0. The molecule has 0 bridgehead atoms. The van der Waals surface area contributed by atoms with Gasteiger partial charge in [0.25, 0.3) is 5.91 Å². The van der Waals surface area contributed by atoms with Gasteiger partial charge >= 0.3 is 5.82 Å². The molecule has 0 aliphatic carbocycles. The molecule has 3 aromatic rings.